The molecule has 0 amide bonds. The minimum Gasteiger partial charge on any atom is -0.306 e. The van der Waals surface area contributed by atoms with Crippen LogP contribution >= 0.6 is 0 Å². The van der Waals surface area contributed by atoms with Crippen molar-refractivity contribution in [1.82, 2.24) is 9.80 Å². The van der Waals surface area contributed by atoms with Crippen LogP contribution in [0.4, 0.5) is 0 Å². The van der Waals surface area contributed by atoms with Gasteiger partial charge in [-0.2, -0.15) is 0 Å². The molecule has 0 N–H and O–H groups in total. The van der Waals surface area contributed by atoms with Gasteiger partial charge < -0.3 is 9.80 Å². The Kier molecular flexibility index (Phi) is 5.34. The average Bonchev–Trinajstić information content (AvgIpc) is 3.15. The lowest BCUT2D eigenvalue weighted by molar-refractivity contribution is -0.0482. The monoisotopic (exact) mass is 432 g/mol. The number of rotatable bonds is 2. The van der Waals surface area contributed by atoms with Crippen LogP contribution in [0.1, 0.15) is 75.0 Å². The molecule has 5 aliphatic rings. The molecule has 2 nitrogen and oxygen atoms in total. The Morgan fingerprint density at radius 2 is 1.81 bits per heavy atom. The third-order valence-electron chi connectivity index (χ3n) is 11.0. The molecule has 1 aromatic rings. The molecule has 4 unspecified atom stereocenters. The zero-order valence-electron chi connectivity index (χ0n) is 20.9. The van der Waals surface area contributed by atoms with E-state index in [0.717, 1.165) is 42.2 Å². The summed E-state index contributed by atoms with van der Waals surface area (Å²) < 4.78 is 0. The minimum atomic E-state index is 0.406. The van der Waals surface area contributed by atoms with Crippen molar-refractivity contribution >= 4 is 5.57 Å². The van der Waals surface area contributed by atoms with Gasteiger partial charge in [0.25, 0.3) is 0 Å². The third kappa shape index (κ3) is 3.35. The fourth-order valence-corrected chi connectivity index (χ4v) is 9.18. The molecule has 3 saturated carbocycles. The molecule has 1 aliphatic heterocycles. The Labute approximate surface area is 196 Å². The molecule has 7 atom stereocenters. The van der Waals surface area contributed by atoms with Gasteiger partial charge in [0.05, 0.1) is 0 Å². The first kappa shape index (κ1) is 21.4. The van der Waals surface area contributed by atoms with Crippen LogP contribution in [-0.2, 0) is 13.0 Å². The lowest BCUT2D eigenvalue weighted by Crippen LogP contribution is -2.49. The number of likely N-dealkylation sites (N-methyl/N-ethyl adjacent to an activating group) is 1. The molecular formula is C30H44N2. The lowest BCUT2D eigenvalue weighted by Gasteiger charge is -2.56. The highest BCUT2D eigenvalue weighted by Gasteiger charge is 2.54. The van der Waals surface area contributed by atoms with Gasteiger partial charge in [0.2, 0.25) is 0 Å². The SMILES string of the molecule is CN1CCc2ccc(C3=CC[C@H]4C5CC[C@H]6CC(N(C)C)CCC6[C@H]5CCC34C)cc2C1. The van der Waals surface area contributed by atoms with Crippen LogP contribution in [0.2, 0.25) is 0 Å². The molecule has 2 heteroatoms. The van der Waals surface area contributed by atoms with Crippen molar-refractivity contribution in [1.29, 1.82) is 0 Å². The maximum atomic E-state index is 2.68. The Morgan fingerprint density at radius 3 is 2.66 bits per heavy atom. The summed E-state index contributed by atoms with van der Waals surface area (Å²) >= 11 is 0. The first-order valence-electron chi connectivity index (χ1n) is 13.6. The van der Waals surface area contributed by atoms with Crippen molar-refractivity contribution < 1.29 is 0 Å². The van der Waals surface area contributed by atoms with Crippen molar-refractivity contribution in [2.75, 3.05) is 27.7 Å². The van der Waals surface area contributed by atoms with Gasteiger partial charge in [0.15, 0.2) is 0 Å². The molecule has 0 radical (unpaired) electrons. The molecule has 1 heterocycles. The molecule has 0 saturated heterocycles. The Morgan fingerprint density at radius 1 is 0.969 bits per heavy atom. The number of hydrogen-bond donors (Lipinski definition) is 0. The topological polar surface area (TPSA) is 6.48 Å². The number of hydrogen-bond acceptors (Lipinski definition) is 2. The van der Waals surface area contributed by atoms with E-state index >= 15 is 0 Å². The van der Waals surface area contributed by atoms with Gasteiger partial charge in [0, 0.05) is 19.1 Å². The third-order valence-corrected chi connectivity index (χ3v) is 11.0. The maximum absolute atomic E-state index is 2.68. The van der Waals surface area contributed by atoms with E-state index in [9.17, 15) is 0 Å². The van der Waals surface area contributed by atoms with Crippen LogP contribution in [-0.4, -0.2) is 43.5 Å². The minimum absolute atomic E-state index is 0.406. The summed E-state index contributed by atoms with van der Waals surface area (Å²) in [7, 11) is 6.87. The molecule has 4 aliphatic carbocycles. The van der Waals surface area contributed by atoms with Crippen LogP contribution in [0.5, 0.6) is 0 Å². The molecule has 32 heavy (non-hydrogen) atoms. The van der Waals surface area contributed by atoms with E-state index in [2.05, 4.69) is 62.1 Å². The number of fused-ring (bicyclic) bond motifs is 6. The number of nitrogens with zero attached hydrogens (tertiary/aromatic N) is 2. The predicted octanol–water partition coefficient (Wildman–Crippen LogP) is 6.25. The molecule has 0 aromatic heterocycles. The number of benzene rings is 1. The Bertz CT molecular complexity index is 900. The Balaban J connectivity index is 1.22. The second kappa shape index (κ2) is 7.98. The summed E-state index contributed by atoms with van der Waals surface area (Å²) in [6, 6.07) is 8.32. The molecule has 6 rings (SSSR count). The van der Waals surface area contributed by atoms with Crippen molar-refractivity contribution in [3.8, 4) is 0 Å². The summed E-state index contributed by atoms with van der Waals surface area (Å²) in [6.07, 6.45) is 15.5. The van der Waals surface area contributed by atoms with Crippen molar-refractivity contribution in [3.05, 3.63) is 41.0 Å². The van der Waals surface area contributed by atoms with Crippen LogP contribution in [0.3, 0.4) is 0 Å². The van der Waals surface area contributed by atoms with Gasteiger partial charge in [0.1, 0.15) is 0 Å². The zero-order valence-corrected chi connectivity index (χ0v) is 20.9. The average molecular weight is 433 g/mol. The van der Waals surface area contributed by atoms with Gasteiger partial charge >= 0.3 is 0 Å². The fourth-order valence-electron chi connectivity index (χ4n) is 9.18. The van der Waals surface area contributed by atoms with E-state index in [1.807, 2.05) is 0 Å². The van der Waals surface area contributed by atoms with E-state index in [1.165, 1.54) is 64.3 Å². The molecule has 0 spiro atoms. The second-order valence-electron chi connectivity index (χ2n) is 12.6. The van der Waals surface area contributed by atoms with Crippen LogP contribution in [0, 0.1) is 35.0 Å². The summed E-state index contributed by atoms with van der Waals surface area (Å²) in [5, 5.41) is 0. The summed E-state index contributed by atoms with van der Waals surface area (Å²) in [5.74, 6) is 4.91. The summed E-state index contributed by atoms with van der Waals surface area (Å²) in [6.45, 7) is 4.97. The van der Waals surface area contributed by atoms with Crippen LogP contribution < -0.4 is 0 Å². The molecular weight excluding hydrogens is 388 g/mol. The molecule has 3 fully saturated rings. The quantitative estimate of drug-likeness (QED) is 0.545. The second-order valence-corrected chi connectivity index (χ2v) is 12.6. The van der Waals surface area contributed by atoms with Gasteiger partial charge in [-0.25, -0.2) is 0 Å². The van der Waals surface area contributed by atoms with E-state index in [0.29, 0.717) is 5.41 Å². The van der Waals surface area contributed by atoms with E-state index < -0.39 is 0 Å². The van der Waals surface area contributed by atoms with E-state index in [4.69, 9.17) is 0 Å². The highest BCUT2D eigenvalue weighted by Crippen LogP contribution is 2.64. The largest absolute Gasteiger partial charge is 0.306 e. The molecule has 174 valence electrons. The predicted molar refractivity (Wildman–Crippen MR) is 134 cm³/mol. The van der Waals surface area contributed by atoms with E-state index in [-0.39, 0.29) is 0 Å². The lowest BCUT2D eigenvalue weighted by atomic mass is 9.49. The van der Waals surface area contributed by atoms with E-state index in [1.54, 1.807) is 22.3 Å². The smallest absolute Gasteiger partial charge is 0.0233 e. The van der Waals surface area contributed by atoms with Crippen molar-refractivity contribution in [3.63, 3.8) is 0 Å². The first-order valence-corrected chi connectivity index (χ1v) is 13.6. The fraction of sp³-hybridized carbons (Fsp3) is 0.733. The van der Waals surface area contributed by atoms with Gasteiger partial charge in [-0.3, -0.25) is 0 Å². The van der Waals surface area contributed by atoms with Crippen LogP contribution in [0.25, 0.3) is 5.57 Å². The maximum Gasteiger partial charge on any atom is 0.0233 e. The standard InChI is InChI=1S/C30H44N2/c1-30-15-13-26-25-10-8-24(31(2)3)18-21(25)7-9-27(26)29(30)12-11-28(30)22-6-5-20-14-16-32(4)19-23(20)17-22/h5-6,11,17,21,24-27,29H,7-10,12-16,18-19H2,1-4H3/t21-,24?,25?,26+,27?,29-,30?/m0/s1. The zero-order chi connectivity index (χ0) is 22.0. The summed E-state index contributed by atoms with van der Waals surface area (Å²) in [5.41, 5.74) is 6.82. The van der Waals surface area contributed by atoms with Gasteiger partial charge in [-0.05, 0) is 142 Å². The van der Waals surface area contributed by atoms with Crippen LogP contribution in [0.15, 0.2) is 24.3 Å². The Hall–Kier alpha value is -1.12. The highest BCUT2D eigenvalue weighted by atomic mass is 15.1. The molecule has 1 aromatic carbocycles. The van der Waals surface area contributed by atoms with Crippen molar-refractivity contribution in [2.24, 2.45) is 35.0 Å². The first-order chi connectivity index (χ1) is 15.4. The number of allylic oxidation sites excluding steroid dienone is 2. The normalized spacial score (nSPS) is 41.5. The van der Waals surface area contributed by atoms with Gasteiger partial charge in [-0.15, -0.1) is 0 Å². The van der Waals surface area contributed by atoms with Gasteiger partial charge in [-0.1, -0.05) is 25.1 Å². The molecule has 0 bridgehead atoms. The van der Waals surface area contributed by atoms with Crippen molar-refractivity contribution in [2.45, 2.75) is 77.3 Å². The summed E-state index contributed by atoms with van der Waals surface area (Å²) in [4.78, 5) is 4.98. The highest BCUT2D eigenvalue weighted by molar-refractivity contribution is 5.73.